The molecule has 2 heterocycles. The van der Waals surface area contributed by atoms with Crippen molar-refractivity contribution in [1.29, 1.82) is 0 Å². The third kappa shape index (κ3) is 17.0. The summed E-state index contributed by atoms with van der Waals surface area (Å²) in [6.07, 6.45) is 15.6. The van der Waals surface area contributed by atoms with Crippen LogP contribution in [0.3, 0.4) is 0 Å². The quantitative estimate of drug-likeness (QED) is 0.0558. The minimum Gasteiger partial charge on any atom is -0.364 e. The Kier molecular flexibility index (Phi) is 27.1. The lowest BCUT2D eigenvalue weighted by molar-refractivity contribution is -0.0430. The van der Waals surface area contributed by atoms with E-state index in [2.05, 4.69) is 139 Å². The topological polar surface area (TPSA) is 74.6 Å². The van der Waals surface area contributed by atoms with Gasteiger partial charge in [0, 0.05) is 36.8 Å². The minimum absolute atomic E-state index is 0.193. The fourth-order valence-electron chi connectivity index (χ4n) is 13.1. The van der Waals surface area contributed by atoms with Crippen molar-refractivity contribution < 1.29 is 19.8 Å². The number of hydrogen-bond donors (Lipinski definition) is 2. The number of aliphatic hydroxyl groups excluding tert-OH is 1. The second-order valence-electron chi connectivity index (χ2n) is 23.5. The molecule has 5 aromatic carbocycles. The minimum atomic E-state index is -1.35. The molecule has 0 aromatic heterocycles. The Bertz CT molecular complexity index is 2810. The molecule has 0 saturated heterocycles. The van der Waals surface area contributed by atoms with E-state index in [-0.39, 0.29) is 11.6 Å². The predicted molar refractivity (Wildman–Crippen MR) is 351 cm³/mol. The largest absolute Gasteiger partial charge is 0.364 e. The molecule has 0 amide bonds. The molecule has 0 fully saturated rings. The van der Waals surface area contributed by atoms with E-state index in [1.165, 1.54) is 163 Å². The number of carbonyl (C=O) groups excluding carboxylic acids is 2. The third-order valence-corrected chi connectivity index (χ3v) is 22.1. The molecule has 2 N–H and O–H groups in total. The number of aryl methyl sites for hydroxylation is 7. The van der Waals surface area contributed by atoms with Crippen LogP contribution in [-0.2, 0) is 12.8 Å². The van der Waals surface area contributed by atoms with E-state index in [4.69, 9.17) is 11.6 Å². The van der Waals surface area contributed by atoms with Gasteiger partial charge in [-0.3, -0.25) is 9.59 Å². The van der Waals surface area contributed by atoms with Crippen molar-refractivity contribution in [2.75, 3.05) is 17.3 Å². The molecule has 4 nitrogen and oxygen atoms in total. The van der Waals surface area contributed by atoms with Crippen molar-refractivity contribution in [3.05, 3.63) is 154 Å². The van der Waals surface area contributed by atoms with Crippen LogP contribution >= 0.6 is 46.9 Å². The summed E-state index contributed by atoms with van der Waals surface area (Å²) in [7, 11) is 0. The average molecular weight is 1160 g/mol. The van der Waals surface area contributed by atoms with Crippen LogP contribution in [-0.4, -0.2) is 44.4 Å². The van der Waals surface area contributed by atoms with Crippen LogP contribution < -0.4 is 0 Å². The first-order valence-corrected chi connectivity index (χ1v) is 33.9. The zero-order chi connectivity index (χ0) is 59.1. The SMILES string of the molecule is CCC(Cl)CCSc1cc(C)ccc1C.CCC1CCCc2c(C)cc(C(C)=O)c(C)c21.CCC1CCCc2c(C)cc(C(O)O)c(C)c21.CCC1CCSc2c(C)cc(C(C)=O)c(C)c21.CCC1CCSc2c(C)ccc(C)c21. The Balaban J connectivity index is 0.000000184. The number of rotatable bonds is 12. The van der Waals surface area contributed by atoms with Crippen LogP contribution in [0.4, 0.5) is 0 Å². The maximum Gasteiger partial charge on any atom is 0.178 e. The Hall–Kier alpha value is -3.30. The number of Topliss-reactive ketones (excluding diaryl/α,β-unsaturated/α-hetero) is 2. The summed E-state index contributed by atoms with van der Waals surface area (Å²) in [6, 6.07) is 17.3. The number of carbonyl (C=O) groups is 2. The van der Waals surface area contributed by atoms with E-state index >= 15 is 0 Å². The summed E-state index contributed by atoms with van der Waals surface area (Å²) in [6.45, 7) is 36.0. The van der Waals surface area contributed by atoms with E-state index < -0.39 is 6.29 Å². The molecule has 0 bridgehead atoms. The normalized spacial score (nSPS) is 18.2. The molecule has 0 saturated carbocycles. The summed E-state index contributed by atoms with van der Waals surface area (Å²) in [5.74, 6) is 6.74. The van der Waals surface area contributed by atoms with Gasteiger partial charge in [-0.15, -0.1) is 46.9 Å². The molecule has 2 aliphatic heterocycles. The molecule has 0 radical (unpaired) electrons. The highest BCUT2D eigenvalue weighted by molar-refractivity contribution is 7.99. The predicted octanol–water partition coefficient (Wildman–Crippen LogP) is 21.0. The van der Waals surface area contributed by atoms with E-state index in [0.29, 0.717) is 28.7 Å². The number of thioether (sulfide) groups is 3. The summed E-state index contributed by atoms with van der Waals surface area (Å²) in [4.78, 5) is 27.8. The second-order valence-corrected chi connectivity index (χ2v) is 27.5. The van der Waals surface area contributed by atoms with Gasteiger partial charge in [0.15, 0.2) is 17.9 Å². The van der Waals surface area contributed by atoms with Crippen molar-refractivity contribution in [3.8, 4) is 0 Å². The molecular formula is C72H101ClO4S3. The second kappa shape index (κ2) is 32.1. The van der Waals surface area contributed by atoms with Crippen LogP contribution in [0.25, 0.3) is 0 Å². The molecule has 4 aliphatic rings. The smallest absolute Gasteiger partial charge is 0.178 e. The Morgan fingerprint density at radius 3 is 1.51 bits per heavy atom. The fraction of sp³-hybridized carbons (Fsp3) is 0.556. The third-order valence-electron chi connectivity index (χ3n) is 17.9. The molecule has 5 aromatic rings. The van der Waals surface area contributed by atoms with E-state index in [9.17, 15) is 19.8 Å². The first-order valence-electron chi connectivity index (χ1n) is 30.5. The maximum absolute atomic E-state index is 11.7. The van der Waals surface area contributed by atoms with Gasteiger partial charge in [-0.1, -0.05) is 70.5 Å². The first kappa shape index (κ1) is 67.5. The molecule has 0 spiro atoms. The summed E-state index contributed by atoms with van der Waals surface area (Å²) in [5, 5.41) is 19.2. The van der Waals surface area contributed by atoms with Crippen LogP contribution in [0.15, 0.2) is 63.2 Å². The molecule has 5 unspecified atom stereocenters. The van der Waals surface area contributed by atoms with Crippen LogP contribution in [0.1, 0.15) is 271 Å². The van der Waals surface area contributed by atoms with Gasteiger partial charge in [-0.05, 0) is 316 Å². The van der Waals surface area contributed by atoms with Crippen LogP contribution in [0, 0.1) is 69.2 Å². The number of ketones is 2. The lowest BCUT2D eigenvalue weighted by Crippen LogP contribution is -2.15. The number of benzene rings is 5. The average Bonchev–Trinajstić information content (AvgIpc) is 3.45. The van der Waals surface area contributed by atoms with E-state index in [0.717, 1.165) is 54.0 Å². The summed E-state index contributed by atoms with van der Waals surface area (Å²) in [5.41, 5.74) is 24.5. The molecule has 8 heteroatoms. The van der Waals surface area contributed by atoms with Gasteiger partial charge in [-0.25, -0.2) is 0 Å². The van der Waals surface area contributed by atoms with Gasteiger partial charge >= 0.3 is 0 Å². The van der Waals surface area contributed by atoms with Gasteiger partial charge in [-0.2, -0.15) is 0 Å². The van der Waals surface area contributed by atoms with Gasteiger partial charge in [0.05, 0.1) is 0 Å². The van der Waals surface area contributed by atoms with Crippen molar-refractivity contribution in [1.82, 2.24) is 0 Å². The number of aliphatic hydroxyl groups is 2. The van der Waals surface area contributed by atoms with Crippen molar-refractivity contribution in [3.63, 3.8) is 0 Å². The monoisotopic (exact) mass is 1160 g/mol. The summed E-state index contributed by atoms with van der Waals surface area (Å²) < 4.78 is 0. The van der Waals surface area contributed by atoms with Crippen molar-refractivity contribution >= 4 is 58.5 Å². The zero-order valence-electron chi connectivity index (χ0n) is 52.4. The van der Waals surface area contributed by atoms with Crippen LogP contribution in [0.2, 0.25) is 0 Å². The molecular weight excluding hydrogens is 1060 g/mol. The molecule has 9 rings (SSSR count). The Morgan fingerprint density at radius 1 is 0.550 bits per heavy atom. The molecule has 5 atom stereocenters. The lowest BCUT2D eigenvalue weighted by Gasteiger charge is -2.30. The molecule has 438 valence electrons. The number of halogens is 1. The maximum atomic E-state index is 11.7. The summed E-state index contributed by atoms with van der Waals surface area (Å²) >= 11 is 12.0. The van der Waals surface area contributed by atoms with Gasteiger partial charge in [0.25, 0.3) is 0 Å². The number of alkyl halides is 1. The van der Waals surface area contributed by atoms with Gasteiger partial charge in [0.1, 0.15) is 0 Å². The zero-order valence-corrected chi connectivity index (χ0v) is 55.6. The highest BCUT2D eigenvalue weighted by atomic mass is 35.5. The highest BCUT2D eigenvalue weighted by Gasteiger charge is 2.28. The van der Waals surface area contributed by atoms with Crippen LogP contribution in [0.5, 0.6) is 0 Å². The van der Waals surface area contributed by atoms with Crippen molar-refractivity contribution in [2.24, 2.45) is 0 Å². The van der Waals surface area contributed by atoms with Gasteiger partial charge in [0.2, 0.25) is 0 Å². The standard InChI is InChI=1S/C16H22O.C15H22O2.C15H20OS.C13H19ClS.C13H18S/c1-5-13-7-6-8-14-10(2)9-15(12(4)17)11(3)16(13)14;1-4-11-6-5-7-12-9(2)8-13(15(16)17)10(3)14(11)12;1-5-12-6-7-17-15-9(2)8-13(11(4)16)10(3)14(12)15;1-4-12(14)7-8-15-13-9-10(2)5-6-11(13)3;1-4-11-7-8-14-13-10(3)6-5-9(2)12(11)13/h9,13H,5-8H2,1-4H3;8,11,15-17H,4-7H2,1-3H3;8,12H,5-7H2,1-4H3;5-6,9,12H,4,7-8H2,1-3H3;5-6,11H,4,7-8H2,1-3H3. The van der Waals surface area contributed by atoms with Gasteiger partial charge < -0.3 is 10.2 Å². The molecule has 80 heavy (non-hydrogen) atoms. The Morgan fingerprint density at radius 2 is 1.00 bits per heavy atom. The van der Waals surface area contributed by atoms with Crippen molar-refractivity contribution in [2.45, 2.75) is 258 Å². The van der Waals surface area contributed by atoms with E-state index in [1.807, 2.05) is 48.3 Å². The highest BCUT2D eigenvalue weighted by Crippen LogP contribution is 2.46. The molecule has 2 aliphatic carbocycles. The van der Waals surface area contributed by atoms with E-state index in [1.54, 1.807) is 24.3 Å². The number of hydrogen-bond acceptors (Lipinski definition) is 7. The Labute approximate surface area is 504 Å². The number of fused-ring (bicyclic) bond motifs is 4. The first-order chi connectivity index (χ1) is 38.0. The lowest BCUT2D eigenvalue weighted by atomic mass is 9.76. The fourth-order valence-corrected chi connectivity index (χ4v) is 17.3.